The Morgan fingerprint density at radius 2 is 1.89 bits per heavy atom. The Bertz CT molecular complexity index is 1040. The number of anilines is 1. The van der Waals surface area contributed by atoms with Gasteiger partial charge in [-0.2, -0.15) is 0 Å². The number of aromatic hydroxyl groups is 1. The third-order valence-electron chi connectivity index (χ3n) is 4.97. The third-order valence-corrected chi connectivity index (χ3v) is 5.59. The van der Waals surface area contributed by atoms with E-state index in [0.717, 1.165) is 19.9 Å². The Kier molecular flexibility index (Phi) is 4.55. The molecule has 0 unspecified atom stereocenters. The summed E-state index contributed by atoms with van der Waals surface area (Å²) >= 11 is 2.13. The van der Waals surface area contributed by atoms with Crippen LogP contribution in [0.3, 0.4) is 0 Å². The van der Waals surface area contributed by atoms with Crippen LogP contribution in [0.5, 0.6) is 5.75 Å². The fraction of sp³-hybridized carbons (Fsp3) is 0.238. The van der Waals surface area contributed by atoms with Crippen molar-refractivity contribution in [2.45, 2.75) is 31.4 Å². The number of aromatic nitrogens is 2. The van der Waals surface area contributed by atoms with Gasteiger partial charge in [0.2, 0.25) is 0 Å². The number of rotatable bonds is 4. The van der Waals surface area contributed by atoms with E-state index in [1.54, 1.807) is 6.07 Å². The maximum absolute atomic E-state index is 10.5. The highest BCUT2D eigenvalue weighted by atomic mass is 127. The van der Waals surface area contributed by atoms with E-state index in [0.29, 0.717) is 29.9 Å². The normalized spacial score (nSPS) is 21.7. The molecule has 1 aliphatic carbocycles. The lowest BCUT2D eigenvalue weighted by atomic mass is 9.77. The Labute approximate surface area is 171 Å². The van der Waals surface area contributed by atoms with Gasteiger partial charge in [-0.1, -0.05) is 36.9 Å². The molecule has 1 aliphatic rings. The summed E-state index contributed by atoms with van der Waals surface area (Å²) in [6.45, 7) is 5.75. The van der Waals surface area contributed by atoms with E-state index in [1.807, 2.05) is 43.3 Å². The fourth-order valence-corrected chi connectivity index (χ4v) is 3.94. The van der Waals surface area contributed by atoms with Gasteiger partial charge in [-0.25, -0.2) is 0 Å². The van der Waals surface area contributed by atoms with Gasteiger partial charge in [-0.3, -0.25) is 0 Å². The second kappa shape index (κ2) is 6.76. The third kappa shape index (κ3) is 3.51. The molecular formula is C21H20IN3O2. The Morgan fingerprint density at radius 1 is 1.19 bits per heavy atom. The van der Waals surface area contributed by atoms with Crippen LogP contribution in [0.25, 0.3) is 25.6 Å². The second-order valence-corrected chi connectivity index (χ2v) is 8.63. The van der Waals surface area contributed by atoms with Crippen LogP contribution >= 0.6 is 22.6 Å². The smallest absolute Gasteiger partial charge is 0.156 e. The standard InChI is InChI=1S/C21H20IN3O2/c1-12(22)13-7-8-17(18(26)9-13)19-15-5-3-4-6-16(15)20(25-24-19)23-14-10-21(2,27)11-14/h3-9,14,26-27H,1,10-11H2,2H3,(H,23,25). The number of halogens is 1. The summed E-state index contributed by atoms with van der Waals surface area (Å²) in [5, 5.41) is 34.5. The van der Waals surface area contributed by atoms with Crippen molar-refractivity contribution in [1.29, 1.82) is 0 Å². The maximum atomic E-state index is 10.5. The fourth-order valence-electron chi connectivity index (χ4n) is 3.61. The highest BCUT2D eigenvalue weighted by Crippen LogP contribution is 2.38. The quantitative estimate of drug-likeness (QED) is 0.478. The molecule has 0 amide bonds. The summed E-state index contributed by atoms with van der Waals surface area (Å²) < 4.78 is 0.862. The molecule has 2 aromatic carbocycles. The summed E-state index contributed by atoms with van der Waals surface area (Å²) in [5.74, 6) is 0.854. The van der Waals surface area contributed by atoms with E-state index in [-0.39, 0.29) is 11.8 Å². The first-order chi connectivity index (χ1) is 12.8. The SMILES string of the molecule is C=C(I)c1ccc(-c2nnc(NC3CC(C)(O)C3)c3ccccc23)c(O)c1. The van der Waals surface area contributed by atoms with Crippen LogP contribution in [0, 0.1) is 0 Å². The monoisotopic (exact) mass is 473 g/mol. The molecule has 0 radical (unpaired) electrons. The Hall–Kier alpha value is -2.19. The van der Waals surface area contributed by atoms with Crippen molar-refractivity contribution in [3.05, 3.63) is 54.6 Å². The minimum absolute atomic E-state index is 0.153. The van der Waals surface area contributed by atoms with Crippen molar-refractivity contribution in [2.75, 3.05) is 5.32 Å². The summed E-state index contributed by atoms with van der Waals surface area (Å²) in [4.78, 5) is 0. The first-order valence-corrected chi connectivity index (χ1v) is 9.84. The summed E-state index contributed by atoms with van der Waals surface area (Å²) in [5.41, 5.74) is 1.55. The van der Waals surface area contributed by atoms with Crippen molar-refractivity contribution in [1.82, 2.24) is 10.2 Å². The van der Waals surface area contributed by atoms with Crippen molar-refractivity contribution in [2.24, 2.45) is 0 Å². The molecule has 0 bridgehead atoms. The van der Waals surface area contributed by atoms with Crippen LogP contribution in [-0.4, -0.2) is 32.1 Å². The van der Waals surface area contributed by atoms with E-state index in [1.165, 1.54) is 0 Å². The number of fused-ring (bicyclic) bond motifs is 1. The van der Waals surface area contributed by atoms with E-state index in [2.05, 4.69) is 44.7 Å². The highest BCUT2D eigenvalue weighted by Gasteiger charge is 2.38. The molecule has 3 N–H and O–H groups in total. The van der Waals surface area contributed by atoms with E-state index >= 15 is 0 Å². The molecule has 1 fully saturated rings. The molecule has 0 saturated heterocycles. The van der Waals surface area contributed by atoms with Gasteiger partial charge in [-0.05, 0) is 60.1 Å². The molecule has 0 aliphatic heterocycles. The van der Waals surface area contributed by atoms with Gasteiger partial charge in [0.15, 0.2) is 5.82 Å². The van der Waals surface area contributed by atoms with Crippen molar-refractivity contribution < 1.29 is 10.2 Å². The first-order valence-electron chi connectivity index (χ1n) is 8.76. The lowest BCUT2D eigenvalue weighted by Gasteiger charge is -2.41. The number of phenolic OH excluding ortho intramolecular Hbond substituents is 1. The zero-order valence-electron chi connectivity index (χ0n) is 14.9. The molecule has 138 valence electrons. The van der Waals surface area contributed by atoms with Crippen molar-refractivity contribution >= 4 is 42.8 Å². The zero-order chi connectivity index (χ0) is 19.2. The van der Waals surface area contributed by atoms with Crippen molar-refractivity contribution in [3.63, 3.8) is 0 Å². The largest absolute Gasteiger partial charge is 0.507 e. The average molecular weight is 473 g/mol. The predicted octanol–water partition coefficient (Wildman–Crippen LogP) is 4.73. The minimum Gasteiger partial charge on any atom is -0.507 e. The predicted molar refractivity (Wildman–Crippen MR) is 117 cm³/mol. The summed E-state index contributed by atoms with van der Waals surface area (Å²) in [6.07, 6.45) is 1.38. The number of aliphatic hydroxyl groups is 1. The molecule has 4 rings (SSSR count). The Morgan fingerprint density at radius 3 is 2.52 bits per heavy atom. The number of hydrogen-bond donors (Lipinski definition) is 3. The van der Waals surface area contributed by atoms with Crippen LogP contribution in [0.15, 0.2) is 49.0 Å². The summed E-state index contributed by atoms with van der Waals surface area (Å²) in [7, 11) is 0. The number of benzene rings is 2. The topological polar surface area (TPSA) is 78.3 Å². The molecule has 1 saturated carbocycles. The van der Waals surface area contributed by atoms with Gasteiger partial charge < -0.3 is 15.5 Å². The van der Waals surface area contributed by atoms with Crippen LogP contribution in [0.4, 0.5) is 5.82 Å². The van der Waals surface area contributed by atoms with Gasteiger partial charge >= 0.3 is 0 Å². The lowest BCUT2D eigenvalue weighted by molar-refractivity contribution is -0.0235. The van der Waals surface area contributed by atoms with E-state index in [4.69, 9.17) is 0 Å². The highest BCUT2D eigenvalue weighted by molar-refractivity contribution is 14.1. The van der Waals surface area contributed by atoms with Crippen LogP contribution < -0.4 is 5.32 Å². The minimum atomic E-state index is -0.600. The lowest BCUT2D eigenvalue weighted by Crippen LogP contribution is -2.48. The average Bonchev–Trinajstić information content (AvgIpc) is 2.60. The molecule has 1 aromatic heterocycles. The Balaban J connectivity index is 1.75. The van der Waals surface area contributed by atoms with E-state index in [9.17, 15) is 10.2 Å². The van der Waals surface area contributed by atoms with Gasteiger partial charge in [0.1, 0.15) is 11.4 Å². The second-order valence-electron chi connectivity index (χ2n) is 7.33. The van der Waals surface area contributed by atoms with Gasteiger partial charge in [0.05, 0.1) is 5.60 Å². The first kappa shape index (κ1) is 18.2. The molecule has 0 spiro atoms. The van der Waals surface area contributed by atoms with Crippen molar-refractivity contribution in [3.8, 4) is 17.0 Å². The number of phenols is 1. The molecule has 27 heavy (non-hydrogen) atoms. The van der Waals surface area contributed by atoms with Crippen LogP contribution in [0.1, 0.15) is 25.3 Å². The molecule has 6 heteroatoms. The van der Waals surface area contributed by atoms with Gasteiger partial charge in [0.25, 0.3) is 0 Å². The van der Waals surface area contributed by atoms with Crippen LogP contribution in [-0.2, 0) is 0 Å². The molecule has 5 nitrogen and oxygen atoms in total. The number of hydrogen-bond acceptors (Lipinski definition) is 5. The summed E-state index contributed by atoms with van der Waals surface area (Å²) in [6, 6.07) is 13.5. The van der Waals surface area contributed by atoms with Gasteiger partial charge in [-0.15, -0.1) is 10.2 Å². The maximum Gasteiger partial charge on any atom is 0.156 e. The molecule has 1 heterocycles. The van der Waals surface area contributed by atoms with Gasteiger partial charge in [0, 0.05) is 26.0 Å². The van der Waals surface area contributed by atoms with E-state index < -0.39 is 5.60 Å². The number of nitrogens with zero attached hydrogens (tertiary/aromatic N) is 2. The molecule has 3 aromatic rings. The number of nitrogens with one attached hydrogen (secondary N) is 1. The molecular weight excluding hydrogens is 453 g/mol. The zero-order valence-corrected chi connectivity index (χ0v) is 17.1. The van der Waals surface area contributed by atoms with Crippen LogP contribution in [0.2, 0.25) is 0 Å². The molecule has 0 atom stereocenters.